The maximum atomic E-state index is 5.64. The quantitative estimate of drug-likeness (QED) is 0.101. The Kier molecular flexibility index (Phi) is 17.5. The SMILES string of the molecule is COc1cccc(N(Cc2ccnc(-c3cc(OC)c(OC)c(OC)c3)c2)C2CCN(Cc3cncc(-c4cc(OC)c(OC)c(OC)c4)c3)CC2)c1.Cl.Cl.Cl. The lowest BCUT2D eigenvalue weighted by molar-refractivity contribution is 0.200. The predicted molar refractivity (Wildman–Crippen MR) is 228 cm³/mol. The number of aromatic nitrogens is 2. The van der Waals surface area contributed by atoms with Crippen LogP contribution in [-0.4, -0.2) is 83.8 Å². The molecule has 0 atom stereocenters. The van der Waals surface area contributed by atoms with E-state index < -0.39 is 0 Å². The summed E-state index contributed by atoms with van der Waals surface area (Å²) in [7, 11) is 11.4. The Morgan fingerprint density at radius 3 is 1.75 bits per heavy atom. The van der Waals surface area contributed by atoms with Crippen LogP contribution in [0.4, 0.5) is 5.69 Å². The second-order valence-electron chi connectivity index (χ2n) is 12.8. The molecule has 3 heterocycles. The van der Waals surface area contributed by atoms with Crippen molar-refractivity contribution in [3.63, 3.8) is 0 Å². The zero-order valence-electron chi connectivity index (χ0n) is 32.8. The molecule has 1 aliphatic heterocycles. The average molecular weight is 830 g/mol. The van der Waals surface area contributed by atoms with E-state index in [4.69, 9.17) is 38.1 Å². The third-order valence-electron chi connectivity index (χ3n) is 9.72. The summed E-state index contributed by atoms with van der Waals surface area (Å²) in [6.45, 7) is 3.41. The van der Waals surface area contributed by atoms with Crippen LogP contribution in [0.5, 0.6) is 40.2 Å². The zero-order chi connectivity index (χ0) is 37.3. The minimum absolute atomic E-state index is 0. The molecule has 2 aromatic heterocycles. The number of hydrogen-bond acceptors (Lipinski definition) is 11. The number of hydrogen-bond donors (Lipinski definition) is 0. The molecule has 0 radical (unpaired) electrons. The Bertz CT molecular complexity index is 1960. The smallest absolute Gasteiger partial charge is 0.203 e. The van der Waals surface area contributed by atoms with E-state index in [1.807, 2.05) is 48.9 Å². The van der Waals surface area contributed by atoms with Gasteiger partial charge in [-0.25, -0.2) is 0 Å². The van der Waals surface area contributed by atoms with Crippen LogP contribution in [0.2, 0.25) is 0 Å². The molecule has 3 aromatic carbocycles. The maximum absolute atomic E-state index is 5.64. The van der Waals surface area contributed by atoms with E-state index in [1.54, 1.807) is 49.8 Å². The molecule has 0 spiro atoms. The van der Waals surface area contributed by atoms with Gasteiger partial charge in [-0.1, -0.05) is 6.07 Å². The van der Waals surface area contributed by atoms with E-state index in [2.05, 4.69) is 51.2 Å². The van der Waals surface area contributed by atoms with Gasteiger partial charge in [0, 0.05) is 73.7 Å². The zero-order valence-corrected chi connectivity index (χ0v) is 35.2. The van der Waals surface area contributed by atoms with Gasteiger partial charge in [-0.2, -0.15) is 0 Å². The number of nitrogens with zero attached hydrogens (tertiary/aromatic N) is 4. The first-order chi connectivity index (χ1) is 25.9. The average Bonchev–Trinajstić information content (AvgIpc) is 3.22. The molecule has 14 heteroatoms. The van der Waals surface area contributed by atoms with Crippen LogP contribution >= 0.6 is 37.2 Å². The number of rotatable bonds is 15. The molecule has 1 saturated heterocycles. The largest absolute Gasteiger partial charge is 0.497 e. The fourth-order valence-electron chi connectivity index (χ4n) is 7.00. The number of piperidine rings is 1. The number of halogens is 3. The van der Waals surface area contributed by atoms with E-state index in [0.717, 1.165) is 77.4 Å². The molecule has 5 aromatic rings. The van der Waals surface area contributed by atoms with Crippen LogP contribution in [0.3, 0.4) is 0 Å². The number of likely N-dealkylation sites (tertiary alicyclic amines) is 1. The minimum atomic E-state index is 0. The first-order valence-electron chi connectivity index (χ1n) is 17.5. The van der Waals surface area contributed by atoms with Gasteiger partial charge in [0.1, 0.15) is 5.75 Å². The second kappa shape index (κ2) is 21.5. The van der Waals surface area contributed by atoms with Gasteiger partial charge < -0.3 is 38.1 Å². The molecular formula is C42H51Cl3N4O7. The van der Waals surface area contributed by atoms with Gasteiger partial charge in [0.25, 0.3) is 0 Å². The monoisotopic (exact) mass is 828 g/mol. The van der Waals surface area contributed by atoms with E-state index in [1.165, 1.54) is 0 Å². The normalized spacial score (nSPS) is 12.6. The summed E-state index contributed by atoms with van der Waals surface area (Å²) in [6.07, 6.45) is 7.68. The maximum Gasteiger partial charge on any atom is 0.203 e. The number of ether oxygens (including phenoxy) is 7. The van der Waals surface area contributed by atoms with Gasteiger partial charge in [-0.05, 0) is 84.1 Å². The van der Waals surface area contributed by atoms with E-state index >= 15 is 0 Å². The second-order valence-corrected chi connectivity index (χ2v) is 12.8. The van der Waals surface area contributed by atoms with Gasteiger partial charge >= 0.3 is 0 Å². The Morgan fingerprint density at radius 1 is 0.607 bits per heavy atom. The molecule has 1 fully saturated rings. The fraction of sp³-hybridized carbons (Fsp3) is 0.333. The summed E-state index contributed by atoms with van der Waals surface area (Å²) in [5.41, 5.74) is 7.06. The Labute approximate surface area is 348 Å². The molecule has 0 amide bonds. The van der Waals surface area contributed by atoms with Crippen molar-refractivity contribution in [2.45, 2.75) is 32.0 Å². The van der Waals surface area contributed by atoms with Crippen LogP contribution in [0.15, 0.2) is 85.3 Å². The van der Waals surface area contributed by atoms with Gasteiger partial charge in [0.05, 0.1) is 55.5 Å². The predicted octanol–water partition coefficient (Wildman–Crippen LogP) is 8.81. The van der Waals surface area contributed by atoms with Gasteiger partial charge in [0.2, 0.25) is 11.5 Å². The van der Waals surface area contributed by atoms with Crippen LogP contribution < -0.4 is 38.1 Å². The topological polar surface area (TPSA) is 96.9 Å². The Morgan fingerprint density at radius 2 is 1.20 bits per heavy atom. The highest BCUT2D eigenvalue weighted by Gasteiger charge is 2.26. The van der Waals surface area contributed by atoms with Crippen LogP contribution in [0.1, 0.15) is 24.0 Å². The van der Waals surface area contributed by atoms with Crippen molar-refractivity contribution in [1.82, 2.24) is 14.9 Å². The van der Waals surface area contributed by atoms with Crippen LogP contribution in [0.25, 0.3) is 22.4 Å². The third-order valence-corrected chi connectivity index (χ3v) is 9.72. The van der Waals surface area contributed by atoms with Gasteiger partial charge in [-0.15, -0.1) is 37.2 Å². The molecule has 56 heavy (non-hydrogen) atoms. The highest BCUT2D eigenvalue weighted by molar-refractivity contribution is 5.86. The number of benzene rings is 3. The van der Waals surface area contributed by atoms with E-state index in [0.29, 0.717) is 47.1 Å². The first kappa shape index (κ1) is 45.6. The van der Waals surface area contributed by atoms with Gasteiger partial charge in [0.15, 0.2) is 23.0 Å². The van der Waals surface area contributed by atoms with Crippen molar-refractivity contribution < 1.29 is 33.2 Å². The summed E-state index contributed by atoms with van der Waals surface area (Å²) < 4.78 is 39.1. The van der Waals surface area contributed by atoms with Crippen molar-refractivity contribution in [1.29, 1.82) is 0 Å². The lowest BCUT2D eigenvalue weighted by Gasteiger charge is -2.40. The molecule has 0 unspecified atom stereocenters. The molecule has 0 N–H and O–H groups in total. The van der Waals surface area contributed by atoms with E-state index in [9.17, 15) is 0 Å². The van der Waals surface area contributed by atoms with Crippen molar-refractivity contribution in [3.8, 4) is 62.6 Å². The number of pyridine rings is 2. The van der Waals surface area contributed by atoms with Gasteiger partial charge in [-0.3, -0.25) is 14.9 Å². The lowest BCUT2D eigenvalue weighted by Crippen LogP contribution is -2.44. The van der Waals surface area contributed by atoms with Crippen molar-refractivity contribution in [2.24, 2.45) is 0 Å². The fourth-order valence-corrected chi connectivity index (χ4v) is 7.00. The molecule has 0 aliphatic carbocycles. The van der Waals surface area contributed by atoms with Crippen molar-refractivity contribution in [3.05, 3.63) is 96.4 Å². The lowest BCUT2D eigenvalue weighted by atomic mass is 9.99. The van der Waals surface area contributed by atoms with E-state index in [-0.39, 0.29) is 37.2 Å². The molecule has 302 valence electrons. The highest BCUT2D eigenvalue weighted by atomic mass is 35.5. The number of methoxy groups -OCH3 is 7. The molecular weight excluding hydrogens is 779 g/mol. The Hall–Kier alpha value is -4.81. The summed E-state index contributed by atoms with van der Waals surface area (Å²) in [6, 6.07) is 22.8. The summed E-state index contributed by atoms with van der Waals surface area (Å²) in [5.74, 6) is 4.34. The highest BCUT2D eigenvalue weighted by Crippen LogP contribution is 2.42. The van der Waals surface area contributed by atoms with Crippen LogP contribution in [0, 0.1) is 0 Å². The summed E-state index contributed by atoms with van der Waals surface area (Å²) in [5, 5.41) is 0. The first-order valence-corrected chi connectivity index (χ1v) is 17.5. The number of anilines is 1. The summed E-state index contributed by atoms with van der Waals surface area (Å²) >= 11 is 0. The minimum Gasteiger partial charge on any atom is -0.497 e. The molecule has 0 saturated carbocycles. The van der Waals surface area contributed by atoms with Crippen molar-refractivity contribution >= 4 is 42.9 Å². The van der Waals surface area contributed by atoms with Crippen molar-refractivity contribution in [2.75, 3.05) is 67.8 Å². The molecule has 11 nitrogen and oxygen atoms in total. The molecule has 6 rings (SSSR count). The van der Waals surface area contributed by atoms with Crippen LogP contribution in [-0.2, 0) is 13.1 Å². The summed E-state index contributed by atoms with van der Waals surface area (Å²) in [4.78, 5) is 14.3. The third kappa shape index (κ3) is 10.3. The molecule has 0 bridgehead atoms. The molecule has 1 aliphatic rings. The standard InChI is InChI=1S/C42H48N4O7.3ClH/c1-47-35-10-8-9-34(23-35)46(27-28-11-14-44-36(18-28)31-21-39(50-4)42(53-7)40(22-31)51-5)33-12-15-45(16-13-33)26-29-17-32(25-43-24-29)30-19-37(48-2)41(52-6)38(20-30)49-3;;;/h8-11,14,17-25,33H,12-13,15-16,26-27H2,1-7H3;3*1H. The Balaban J connectivity index is 0.00000280.